The highest BCUT2D eigenvalue weighted by Gasteiger charge is 2.40. The average molecular weight is 355 g/mol. The maximum atomic E-state index is 14.5. The van der Waals surface area contributed by atoms with Gasteiger partial charge in [0, 0.05) is 23.7 Å². The summed E-state index contributed by atoms with van der Waals surface area (Å²) in [6.07, 6.45) is 4.14. The van der Waals surface area contributed by atoms with Crippen molar-refractivity contribution in [3.8, 4) is 6.07 Å². The predicted molar refractivity (Wildman–Crippen MR) is 87.6 cm³/mol. The van der Waals surface area contributed by atoms with Crippen molar-refractivity contribution in [3.05, 3.63) is 77.6 Å². The first kappa shape index (κ1) is 17.6. The molecular formula is C18H15F2N5O. The lowest BCUT2D eigenvalue weighted by atomic mass is 9.78. The molecule has 0 amide bonds. The molecular weight excluding hydrogens is 340 g/mol. The van der Waals surface area contributed by atoms with Crippen molar-refractivity contribution in [3.63, 3.8) is 0 Å². The van der Waals surface area contributed by atoms with Gasteiger partial charge in [0.1, 0.15) is 41.7 Å². The summed E-state index contributed by atoms with van der Waals surface area (Å²) in [6, 6.07) is 8.12. The molecule has 0 aliphatic heterocycles. The number of hydrogen-bond acceptors (Lipinski definition) is 5. The minimum absolute atomic E-state index is 0.0720. The number of aliphatic hydroxyl groups is 1. The normalized spacial score (nSPS) is 14.4. The number of halogens is 2. The summed E-state index contributed by atoms with van der Waals surface area (Å²) in [6.45, 7) is 1.58. The van der Waals surface area contributed by atoms with Gasteiger partial charge >= 0.3 is 0 Å². The van der Waals surface area contributed by atoms with Crippen molar-refractivity contribution < 1.29 is 13.9 Å². The van der Waals surface area contributed by atoms with Crippen LogP contribution in [0.15, 0.2) is 49.2 Å². The Morgan fingerprint density at radius 1 is 1.31 bits per heavy atom. The molecule has 8 heteroatoms. The lowest BCUT2D eigenvalue weighted by Gasteiger charge is -2.35. The van der Waals surface area contributed by atoms with Crippen molar-refractivity contribution >= 4 is 0 Å². The molecule has 2 unspecified atom stereocenters. The van der Waals surface area contributed by atoms with E-state index >= 15 is 0 Å². The average Bonchev–Trinajstić information content (AvgIpc) is 3.13. The molecule has 26 heavy (non-hydrogen) atoms. The van der Waals surface area contributed by atoms with Crippen molar-refractivity contribution in [1.29, 1.82) is 5.26 Å². The predicted octanol–water partition coefficient (Wildman–Crippen LogP) is 2.51. The first-order valence-electron chi connectivity index (χ1n) is 7.80. The lowest BCUT2D eigenvalue weighted by molar-refractivity contribution is -0.0112. The third-order valence-electron chi connectivity index (χ3n) is 4.38. The molecule has 1 aromatic carbocycles. The van der Waals surface area contributed by atoms with Crippen molar-refractivity contribution in [2.45, 2.75) is 25.0 Å². The molecule has 2 aromatic heterocycles. The Morgan fingerprint density at radius 2 is 2.12 bits per heavy atom. The van der Waals surface area contributed by atoms with Gasteiger partial charge < -0.3 is 5.11 Å². The van der Waals surface area contributed by atoms with E-state index in [1.165, 1.54) is 35.7 Å². The Morgan fingerprint density at radius 3 is 2.77 bits per heavy atom. The van der Waals surface area contributed by atoms with E-state index in [9.17, 15) is 13.9 Å². The van der Waals surface area contributed by atoms with Crippen LogP contribution in [0.25, 0.3) is 0 Å². The van der Waals surface area contributed by atoms with Gasteiger partial charge in [-0.2, -0.15) is 10.4 Å². The lowest BCUT2D eigenvalue weighted by Crippen LogP contribution is -2.38. The molecule has 3 aromatic rings. The van der Waals surface area contributed by atoms with E-state index in [4.69, 9.17) is 5.26 Å². The second-order valence-corrected chi connectivity index (χ2v) is 5.95. The summed E-state index contributed by atoms with van der Waals surface area (Å²) in [7, 11) is 0. The van der Waals surface area contributed by atoms with Crippen LogP contribution >= 0.6 is 0 Å². The summed E-state index contributed by atoms with van der Waals surface area (Å²) in [5.74, 6) is -2.26. The van der Waals surface area contributed by atoms with Crippen LogP contribution < -0.4 is 0 Å². The van der Waals surface area contributed by atoms with Gasteiger partial charge in [0.15, 0.2) is 0 Å². The van der Waals surface area contributed by atoms with Crippen LogP contribution in [0.2, 0.25) is 0 Å². The van der Waals surface area contributed by atoms with Gasteiger partial charge in [0.05, 0.1) is 6.54 Å². The monoisotopic (exact) mass is 355 g/mol. The smallest absolute Gasteiger partial charge is 0.140 e. The number of nitriles is 1. The van der Waals surface area contributed by atoms with Gasteiger partial charge in [-0.05, 0) is 23.8 Å². The van der Waals surface area contributed by atoms with Gasteiger partial charge in [-0.1, -0.05) is 13.0 Å². The SMILES string of the molecule is CC(c1ccnc(C#N)c1)C(O)(Cn1cncn1)c1ccc(F)cc1F. The van der Waals surface area contributed by atoms with Crippen molar-refractivity contribution in [1.82, 2.24) is 19.7 Å². The third kappa shape index (κ3) is 3.30. The standard InChI is InChI=1S/C18H15F2N5O/c1-12(13-4-5-23-15(6-13)8-21)18(26,9-25-11-22-10-24-25)16-3-2-14(19)7-17(16)20/h2-7,10-12,26H,9H2,1H3. The second kappa shape index (κ2) is 6.98. The minimum Gasteiger partial charge on any atom is -0.382 e. The van der Waals surface area contributed by atoms with Crippen LogP contribution in [0.5, 0.6) is 0 Å². The number of pyridine rings is 1. The highest BCUT2D eigenvalue weighted by Crippen LogP contribution is 2.39. The highest BCUT2D eigenvalue weighted by molar-refractivity contribution is 5.34. The molecule has 0 saturated heterocycles. The topological polar surface area (TPSA) is 87.6 Å². The number of aromatic nitrogens is 4. The summed E-state index contributed by atoms with van der Waals surface area (Å²) in [5, 5.41) is 24.5. The molecule has 1 N–H and O–H groups in total. The maximum Gasteiger partial charge on any atom is 0.140 e. The van der Waals surface area contributed by atoms with E-state index in [0.717, 1.165) is 12.1 Å². The molecule has 0 saturated carbocycles. The van der Waals surface area contributed by atoms with Crippen LogP contribution in [0.1, 0.15) is 29.7 Å². The molecule has 0 aliphatic rings. The fraction of sp³-hybridized carbons (Fsp3) is 0.222. The number of nitrogens with zero attached hydrogens (tertiary/aromatic N) is 5. The van der Waals surface area contributed by atoms with Gasteiger partial charge in [0.2, 0.25) is 0 Å². The van der Waals surface area contributed by atoms with Crippen LogP contribution in [0.3, 0.4) is 0 Å². The molecule has 2 heterocycles. The Kier molecular flexibility index (Phi) is 4.73. The zero-order valence-electron chi connectivity index (χ0n) is 13.8. The van der Waals surface area contributed by atoms with Crippen molar-refractivity contribution in [2.24, 2.45) is 0 Å². The Balaban J connectivity index is 2.11. The fourth-order valence-electron chi connectivity index (χ4n) is 2.91. The molecule has 6 nitrogen and oxygen atoms in total. The zero-order chi connectivity index (χ0) is 18.7. The Hall–Kier alpha value is -3.18. The largest absolute Gasteiger partial charge is 0.382 e. The highest BCUT2D eigenvalue weighted by atomic mass is 19.1. The molecule has 0 bridgehead atoms. The van der Waals surface area contributed by atoms with E-state index in [2.05, 4.69) is 15.1 Å². The van der Waals surface area contributed by atoms with Gasteiger partial charge in [-0.15, -0.1) is 0 Å². The third-order valence-corrected chi connectivity index (χ3v) is 4.38. The van der Waals surface area contributed by atoms with Crippen LogP contribution in [-0.2, 0) is 12.1 Å². The van der Waals surface area contributed by atoms with Crippen LogP contribution in [-0.4, -0.2) is 24.9 Å². The Bertz CT molecular complexity index is 954. The van der Waals surface area contributed by atoms with E-state index in [1.54, 1.807) is 13.0 Å². The minimum atomic E-state index is -1.76. The summed E-state index contributed by atoms with van der Waals surface area (Å²) in [5.41, 5.74) is -1.07. The fourth-order valence-corrected chi connectivity index (χ4v) is 2.91. The van der Waals surface area contributed by atoms with E-state index in [0.29, 0.717) is 5.56 Å². The molecule has 0 aliphatic carbocycles. The summed E-state index contributed by atoms with van der Waals surface area (Å²) in [4.78, 5) is 7.74. The van der Waals surface area contributed by atoms with E-state index in [-0.39, 0.29) is 17.8 Å². The quantitative estimate of drug-likeness (QED) is 0.760. The molecule has 0 radical (unpaired) electrons. The van der Waals surface area contributed by atoms with Crippen LogP contribution in [0, 0.1) is 23.0 Å². The molecule has 0 fully saturated rings. The van der Waals surface area contributed by atoms with Gasteiger partial charge in [-0.3, -0.25) is 0 Å². The van der Waals surface area contributed by atoms with Gasteiger partial charge in [0.25, 0.3) is 0 Å². The zero-order valence-corrected chi connectivity index (χ0v) is 13.8. The number of hydrogen-bond donors (Lipinski definition) is 1. The Labute approximate surface area is 148 Å². The molecule has 3 rings (SSSR count). The molecule has 2 atom stereocenters. The molecule has 0 spiro atoms. The molecule has 132 valence electrons. The first-order valence-corrected chi connectivity index (χ1v) is 7.80. The summed E-state index contributed by atoms with van der Waals surface area (Å²) < 4.78 is 29.2. The van der Waals surface area contributed by atoms with E-state index in [1.807, 2.05) is 6.07 Å². The maximum absolute atomic E-state index is 14.5. The summed E-state index contributed by atoms with van der Waals surface area (Å²) >= 11 is 0. The van der Waals surface area contributed by atoms with Crippen molar-refractivity contribution in [2.75, 3.05) is 0 Å². The number of benzene rings is 1. The second-order valence-electron chi connectivity index (χ2n) is 5.95. The number of rotatable bonds is 5. The van der Waals surface area contributed by atoms with Crippen LogP contribution in [0.4, 0.5) is 8.78 Å². The van der Waals surface area contributed by atoms with Gasteiger partial charge in [-0.25, -0.2) is 23.4 Å². The van der Waals surface area contributed by atoms with E-state index < -0.39 is 23.2 Å². The first-order chi connectivity index (χ1) is 12.4.